The van der Waals surface area contributed by atoms with Crippen LogP contribution in [0.4, 0.5) is 0 Å². The fourth-order valence-electron chi connectivity index (χ4n) is 1.80. The Labute approximate surface area is 116 Å². The molecule has 6 heteroatoms. The van der Waals surface area contributed by atoms with Crippen molar-refractivity contribution in [1.29, 1.82) is 0 Å². The van der Waals surface area contributed by atoms with Crippen LogP contribution in [0.3, 0.4) is 0 Å². The van der Waals surface area contributed by atoms with Gasteiger partial charge >= 0.3 is 0 Å². The number of aliphatic hydroxyl groups excluding tert-OH is 1. The predicted octanol–water partition coefficient (Wildman–Crippen LogP) is 2.39. The van der Waals surface area contributed by atoms with Crippen LogP contribution in [0.25, 0.3) is 11.4 Å². The highest BCUT2D eigenvalue weighted by Crippen LogP contribution is 2.19. The van der Waals surface area contributed by atoms with E-state index in [1.807, 2.05) is 16.8 Å². The zero-order valence-electron chi connectivity index (χ0n) is 11.2. The topological polar surface area (TPSA) is 62.4 Å². The molecule has 2 aromatic rings. The highest BCUT2D eigenvalue weighted by atomic mass is 32.1. The van der Waals surface area contributed by atoms with Gasteiger partial charge in [-0.15, -0.1) is 0 Å². The maximum absolute atomic E-state index is 8.92. The highest BCUT2D eigenvalue weighted by Gasteiger charge is 2.15. The molecule has 1 N–H and O–H groups in total. The van der Waals surface area contributed by atoms with Crippen LogP contribution in [-0.2, 0) is 6.54 Å². The van der Waals surface area contributed by atoms with E-state index in [4.69, 9.17) is 9.63 Å². The first-order valence-corrected chi connectivity index (χ1v) is 7.35. The molecule has 2 aromatic heterocycles. The quantitative estimate of drug-likeness (QED) is 0.844. The van der Waals surface area contributed by atoms with Gasteiger partial charge in [0.25, 0.3) is 0 Å². The summed E-state index contributed by atoms with van der Waals surface area (Å²) < 4.78 is 5.29. The molecule has 0 unspecified atom stereocenters. The highest BCUT2D eigenvalue weighted by molar-refractivity contribution is 7.08. The summed E-state index contributed by atoms with van der Waals surface area (Å²) in [6, 6.07) is 2.36. The molecule has 5 nitrogen and oxygen atoms in total. The monoisotopic (exact) mass is 281 g/mol. The van der Waals surface area contributed by atoms with Crippen molar-refractivity contribution < 1.29 is 9.63 Å². The second-order valence-corrected chi connectivity index (χ2v) is 5.45. The van der Waals surface area contributed by atoms with Gasteiger partial charge in [0.2, 0.25) is 11.7 Å². The third kappa shape index (κ3) is 3.86. The Morgan fingerprint density at radius 3 is 2.95 bits per heavy atom. The molecule has 0 bridgehead atoms. The second-order valence-electron chi connectivity index (χ2n) is 4.67. The van der Waals surface area contributed by atoms with E-state index < -0.39 is 0 Å². The molecule has 19 heavy (non-hydrogen) atoms. The zero-order chi connectivity index (χ0) is 13.7. The van der Waals surface area contributed by atoms with E-state index in [0.29, 0.717) is 24.3 Å². The van der Waals surface area contributed by atoms with E-state index in [1.165, 1.54) is 0 Å². The molecule has 0 aliphatic rings. The third-order valence-electron chi connectivity index (χ3n) is 2.92. The fraction of sp³-hybridized carbons (Fsp3) is 0.538. The lowest BCUT2D eigenvalue weighted by molar-refractivity contribution is 0.165. The van der Waals surface area contributed by atoms with E-state index in [0.717, 1.165) is 18.5 Å². The Hall–Kier alpha value is -1.24. The number of hydrogen-bond acceptors (Lipinski definition) is 6. The van der Waals surface area contributed by atoms with Gasteiger partial charge in [0, 0.05) is 30.1 Å². The molecular formula is C13H19N3O2S. The Kier molecular flexibility index (Phi) is 5.07. The largest absolute Gasteiger partial charge is 0.396 e. The maximum atomic E-state index is 8.92. The van der Waals surface area contributed by atoms with E-state index in [2.05, 4.69) is 28.9 Å². The summed E-state index contributed by atoms with van der Waals surface area (Å²) in [7, 11) is 0. The molecule has 0 atom stereocenters. The summed E-state index contributed by atoms with van der Waals surface area (Å²) in [6.45, 7) is 5.88. The molecule has 0 aliphatic carbocycles. The minimum absolute atomic E-state index is 0.202. The number of nitrogens with zero attached hydrogens (tertiary/aromatic N) is 3. The first-order valence-electron chi connectivity index (χ1n) is 6.40. The summed E-state index contributed by atoms with van der Waals surface area (Å²) in [5.41, 5.74) is 0.992. The van der Waals surface area contributed by atoms with Crippen molar-refractivity contribution in [2.45, 2.75) is 32.9 Å². The summed E-state index contributed by atoms with van der Waals surface area (Å²) >= 11 is 1.61. The minimum Gasteiger partial charge on any atom is -0.396 e. The molecular weight excluding hydrogens is 262 g/mol. The van der Waals surface area contributed by atoms with Gasteiger partial charge in [0.05, 0.1) is 6.54 Å². The fourth-order valence-corrected chi connectivity index (χ4v) is 2.43. The van der Waals surface area contributed by atoms with E-state index in [9.17, 15) is 0 Å². The predicted molar refractivity (Wildman–Crippen MR) is 74.9 cm³/mol. The maximum Gasteiger partial charge on any atom is 0.241 e. The molecule has 0 amide bonds. The van der Waals surface area contributed by atoms with Gasteiger partial charge in [-0.3, -0.25) is 4.90 Å². The summed E-state index contributed by atoms with van der Waals surface area (Å²) in [6.07, 6.45) is 0.754. The lowest BCUT2D eigenvalue weighted by atomic mass is 10.3. The molecule has 0 aromatic carbocycles. The molecule has 2 heterocycles. The molecule has 0 fully saturated rings. The molecule has 0 saturated carbocycles. The minimum atomic E-state index is 0.202. The molecule has 104 valence electrons. The van der Waals surface area contributed by atoms with E-state index in [1.54, 1.807) is 11.3 Å². The Morgan fingerprint density at radius 1 is 1.47 bits per heavy atom. The van der Waals surface area contributed by atoms with Crippen molar-refractivity contribution in [3.63, 3.8) is 0 Å². The average Bonchev–Trinajstić information content (AvgIpc) is 3.04. The standard InChI is InChI=1S/C13H19N3O2S/c1-10(2)16(5-3-6-17)8-12-14-13(15-18-12)11-4-7-19-9-11/h4,7,9-10,17H,3,5-6,8H2,1-2H3. The van der Waals surface area contributed by atoms with Crippen molar-refractivity contribution >= 4 is 11.3 Å². The average molecular weight is 281 g/mol. The van der Waals surface area contributed by atoms with Gasteiger partial charge in [-0.05, 0) is 31.7 Å². The number of thiophene rings is 1. The van der Waals surface area contributed by atoms with Crippen LogP contribution in [0.2, 0.25) is 0 Å². The summed E-state index contributed by atoms with van der Waals surface area (Å²) in [5, 5.41) is 16.9. The first-order chi connectivity index (χ1) is 9.20. The lowest BCUT2D eigenvalue weighted by Gasteiger charge is -2.24. The van der Waals surface area contributed by atoms with Crippen LogP contribution >= 0.6 is 11.3 Å². The third-order valence-corrected chi connectivity index (χ3v) is 3.60. The number of hydrogen-bond donors (Lipinski definition) is 1. The van der Waals surface area contributed by atoms with Crippen LogP contribution in [0, 0.1) is 0 Å². The van der Waals surface area contributed by atoms with Gasteiger partial charge in [-0.2, -0.15) is 16.3 Å². The van der Waals surface area contributed by atoms with E-state index in [-0.39, 0.29) is 6.61 Å². The van der Waals surface area contributed by atoms with Crippen molar-refractivity contribution in [3.05, 3.63) is 22.7 Å². The molecule has 2 rings (SSSR count). The Bertz CT molecular complexity index is 482. The van der Waals surface area contributed by atoms with Gasteiger partial charge < -0.3 is 9.63 Å². The van der Waals surface area contributed by atoms with Gasteiger partial charge in [0.1, 0.15) is 0 Å². The normalized spacial score (nSPS) is 11.6. The van der Waals surface area contributed by atoms with Crippen molar-refractivity contribution in [3.8, 4) is 11.4 Å². The smallest absolute Gasteiger partial charge is 0.241 e. The van der Waals surface area contributed by atoms with Crippen LogP contribution in [0.1, 0.15) is 26.2 Å². The van der Waals surface area contributed by atoms with Crippen molar-refractivity contribution in [2.75, 3.05) is 13.2 Å². The van der Waals surface area contributed by atoms with Crippen LogP contribution in [-0.4, -0.2) is 39.3 Å². The van der Waals surface area contributed by atoms with Crippen LogP contribution in [0.5, 0.6) is 0 Å². The SMILES string of the molecule is CC(C)N(CCCO)Cc1nc(-c2ccsc2)no1. The van der Waals surface area contributed by atoms with Crippen LogP contribution in [0.15, 0.2) is 21.3 Å². The second kappa shape index (κ2) is 6.79. The number of aromatic nitrogens is 2. The lowest BCUT2D eigenvalue weighted by Crippen LogP contribution is -2.31. The first kappa shape index (κ1) is 14.2. The molecule has 0 spiro atoms. The molecule has 0 radical (unpaired) electrons. The Morgan fingerprint density at radius 2 is 2.32 bits per heavy atom. The van der Waals surface area contributed by atoms with Crippen LogP contribution < -0.4 is 0 Å². The number of rotatable bonds is 7. The van der Waals surface area contributed by atoms with E-state index >= 15 is 0 Å². The van der Waals surface area contributed by atoms with Gasteiger partial charge in [0.15, 0.2) is 0 Å². The zero-order valence-corrected chi connectivity index (χ0v) is 12.1. The molecule has 0 saturated heterocycles. The number of aliphatic hydroxyl groups is 1. The summed E-state index contributed by atoms with van der Waals surface area (Å²) in [5.74, 6) is 1.26. The summed E-state index contributed by atoms with van der Waals surface area (Å²) in [4.78, 5) is 6.62. The van der Waals surface area contributed by atoms with Gasteiger partial charge in [-0.1, -0.05) is 5.16 Å². The van der Waals surface area contributed by atoms with Crippen molar-refractivity contribution in [2.24, 2.45) is 0 Å². The van der Waals surface area contributed by atoms with Gasteiger partial charge in [-0.25, -0.2) is 0 Å². The molecule has 0 aliphatic heterocycles. The van der Waals surface area contributed by atoms with Crippen molar-refractivity contribution in [1.82, 2.24) is 15.0 Å². The Balaban J connectivity index is 2.01.